The molecular weight excluding hydrogens is 228 g/mol. The lowest BCUT2D eigenvalue weighted by molar-refractivity contribution is 0.0401. The smallest absolute Gasteiger partial charge is 0.255 e. The van der Waals surface area contributed by atoms with Crippen molar-refractivity contribution in [1.29, 1.82) is 0 Å². The van der Waals surface area contributed by atoms with Gasteiger partial charge >= 0.3 is 0 Å². The summed E-state index contributed by atoms with van der Waals surface area (Å²) in [5, 5.41) is 10.3. The number of fused-ring (bicyclic) bond motifs is 1. The minimum Gasteiger partial charge on any atom is -0.391 e. The lowest BCUT2D eigenvalue weighted by atomic mass is 9.88. The molecule has 1 saturated heterocycles. The second kappa shape index (κ2) is 3.54. The Morgan fingerprint density at radius 3 is 3.00 bits per heavy atom. The maximum atomic E-state index is 12.5. The van der Waals surface area contributed by atoms with Gasteiger partial charge in [0.15, 0.2) is 0 Å². The molecule has 1 aliphatic heterocycles. The molecule has 18 heavy (non-hydrogen) atoms. The summed E-state index contributed by atoms with van der Waals surface area (Å²) in [7, 11) is 0. The third-order valence-corrected chi connectivity index (χ3v) is 5.02. The molecule has 0 radical (unpaired) electrons. The van der Waals surface area contributed by atoms with Crippen LogP contribution in [-0.2, 0) is 0 Å². The van der Waals surface area contributed by atoms with Gasteiger partial charge in [-0.3, -0.25) is 9.78 Å². The van der Waals surface area contributed by atoms with Crippen LogP contribution in [0.25, 0.3) is 0 Å². The van der Waals surface area contributed by atoms with E-state index in [-0.39, 0.29) is 18.1 Å². The Bertz CT molecular complexity index is 488. The number of likely N-dealkylation sites (tertiary alicyclic amines) is 1. The average molecular weight is 244 g/mol. The third-order valence-electron chi connectivity index (χ3n) is 5.02. The van der Waals surface area contributed by atoms with Gasteiger partial charge in [0, 0.05) is 18.9 Å². The predicted molar refractivity (Wildman–Crippen MR) is 64.8 cm³/mol. The van der Waals surface area contributed by atoms with Gasteiger partial charge in [0.1, 0.15) is 0 Å². The molecule has 1 aromatic heterocycles. The standard InChI is InChI=1S/C14H16N2O2/c17-13-9-4-10-7-16(12(13)11(10)5-9)14(18)8-2-1-3-15-6-8/h1-3,6,9-13,17H,4-5,7H2. The Morgan fingerprint density at radius 2 is 2.28 bits per heavy atom. The topological polar surface area (TPSA) is 53.4 Å². The minimum absolute atomic E-state index is 0.0298. The summed E-state index contributed by atoms with van der Waals surface area (Å²) in [5.74, 6) is 1.61. The first-order valence-corrected chi connectivity index (χ1v) is 6.65. The van der Waals surface area contributed by atoms with E-state index in [0.29, 0.717) is 23.3 Å². The summed E-state index contributed by atoms with van der Waals surface area (Å²) >= 11 is 0. The minimum atomic E-state index is -0.311. The average Bonchev–Trinajstić information content (AvgIpc) is 3.00. The summed E-state index contributed by atoms with van der Waals surface area (Å²) < 4.78 is 0. The Hall–Kier alpha value is -1.42. The van der Waals surface area contributed by atoms with E-state index in [9.17, 15) is 9.90 Å². The van der Waals surface area contributed by atoms with Crippen molar-refractivity contribution in [2.75, 3.05) is 6.54 Å². The Labute approximate surface area is 106 Å². The van der Waals surface area contributed by atoms with Gasteiger partial charge < -0.3 is 10.0 Å². The van der Waals surface area contributed by atoms with Crippen molar-refractivity contribution >= 4 is 5.91 Å². The molecule has 5 atom stereocenters. The highest BCUT2D eigenvalue weighted by atomic mass is 16.3. The first kappa shape index (κ1) is 10.5. The van der Waals surface area contributed by atoms with Crippen molar-refractivity contribution in [3.8, 4) is 0 Å². The molecule has 4 heteroatoms. The van der Waals surface area contributed by atoms with E-state index in [0.717, 1.165) is 19.4 Å². The maximum Gasteiger partial charge on any atom is 0.255 e. The molecule has 4 rings (SSSR count). The molecule has 2 aliphatic carbocycles. The molecule has 1 aromatic rings. The lowest BCUT2D eigenvalue weighted by Gasteiger charge is -2.28. The van der Waals surface area contributed by atoms with Crippen molar-refractivity contribution in [3.05, 3.63) is 30.1 Å². The van der Waals surface area contributed by atoms with Gasteiger partial charge in [0.2, 0.25) is 0 Å². The second-order valence-corrected chi connectivity index (χ2v) is 5.84. The third kappa shape index (κ3) is 1.24. The van der Waals surface area contributed by atoms with E-state index >= 15 is 0 Å². The van der Waals surface area contributed by atoms with Gasteiger partial charge in [-0.2, -0.15) is 0 Å². The van der Waals surface area contributed by atoms with Crippen LogP contribution in [0.4, 0.5) is 0 Å². The number of aliphatic hydroxyl groups is 1. The number of carbonyl (C=O) groups excluding carboxylic acids is 1. The van der Waals surface area contributed by atoms with Crippen LogP contribution in [0.5, 0.6) is 0 Å². The molecule has 5 unspecified atom stereocenters. The highest BCUT2D eigenvalue weighted by Gasteiger charge is 2.59. The van der Waals surface area contributed by atoms with E-state index < -0.39 is 0 Å². The van der Waals surface area contributed by atoms with Gasteiger partial charge in [-0.05, 0) is 42.7 Å². The monoisotopic (exact) mass is 244 g/mol. The van der Waals surface area contributed by atoms with Crippen LogP contribution in [0.1, 0.15) is 23.2 Å². The molecule has 3 aliphatic rings. The number of nitrogens with zero attached hydrogens (tertiary/aromatic N) is 2. The van der Waals surface area contributed by atoms with E-state index in [1.807, 2.05) is 4.90 Å². The fourth-order valence-corrected chi connectivity index (χ4v) is 4.30. The predicted octanol–water partition coefficient (Wildman–Crippen LogP) is 0.923. The first-order valence-electron chi connectivity index (χ1n) is 6.65. The molecule has 94 valence electrons. The molecule has 2 bridgehead atoms. The molecule has 0 spiro atoms. The maximum absolute atomic E-state index is 12.5. The summed E-state index contributed by atoms with van der Waals surface area (Å²) in [6.45, 7) is 0.816. The van der Waals surface area contributed by atoms with E-state index in [1.54, 1.807) is 24.5 Å². The number of amides is 1. The van der Waals surface area contributed by atoms with Crippen molar-refractivity contribution in [2.24, 2.45) is 17.8 Å². The number of carbonyl (C=O) groups is 1. The van der Waals surface area contributed by atoms with Gasteiger partial charge in [0.25, 0.3) is 5.91 Å². The summed E-state index contributed by atoms with van der Waals surface area (Å²) in [4.78, 5) is 18.4. The second-order valence-electron chi connectivity index (χ2n) is 5.84. The van der Waals surface area contributed by atoms with Crippen LogP contribution in [0.15, 0.2) is 24.5 Å². The number of rotatable bonds is 1. The number of pyridine rings is 1. The van der Waals surface area contributed by atoms with Crippen LogP contribution in [0, 0.1) is 17.8 Å². The zero-order chi connectivity index (χ0) is 12.3. The zero-order valence-corrected chi connectivity index (χ0v) is 10.1. The highest BCUT2D eigenvalue weighted by molar-refractivity contribution is 5.94. The van der Waals surface area contributed by atoms with Crippen LogP contribution in [-0.4, -0.2) is 39.6 Å². The number of aliphatic hydroxyl groups excluding tert-OH is 1. The van der Waals surface area contributed by atoms with Crippen molar-refractivity contribution in [1.82, 2.24) is 9.88 Å². The van der Waals surface area contributed by atoms with Crippen molar-refractivity contribution in [3.63, 3.8) is 0 Å². The Kier molecular flexibility index (Phi) is 2.07. The van der Waals surface area contributed by atoms with E-state index in [2.05, 4.69) is 4.98 Å². The molecule has 4 nitrogen and oxygen atoms in total. The van der Waals surface area contributed by atoms with Crippen LogP contribution >= 0.6 is 0 Å². The van der Waals surface area contributed by atoms with E-state index in [4.69, 9.17) is 0 Å². The van der Waals surface area contributed by atoms with Gasteiger partial charge in [-0.1, -0.05) is 0 Å². The van der Waals surface area contributed by atoms with Gasteiger partial charge in [0.05, 0.1) is 17.7 Å². The number of hydrogen-bond donors (Lipinski definition) is 1. The zero-order valence-electron chi connectivity index (χ0n) is 10.1. The van der Waals surface area contributed by atoms with Gasteiger partial charge in [-0.25, -0.2) is 0 Å². The largest absolute Gasteiger partial charge is 0.391 e. The fourth-order valence-electron chi connectivity index (χ4n) is 4.30. The molecule has 2 saturated carbocycles. The first-order chi connectivity index (χ1) is 8.75. The summed E-state index contributed by atoms with van der Waals surface area (Å²) in [6.07, 6.45) is 5.17. The molecule has 1 N–H and O–H groups in total. The summed E-state index contributed by atoms with van der Waals surface area (Å²) in [6, 6.07) is 3.64. The van der Waals surface area contributed by atoms with Crippen LogP contribution in [0.2, 0.25) is 0 Å². The summed E-state index contributed by atoms with van der Waals surface area (Å²) in [5.41, 5.74) is 0.634. The Morgan fingerprint density at radius 1 is 1.39 bits per heavy atom. The van der Waals surface area contributed by atoms with Crippen molar-refractivity contribution < 1.29 is 9.90 Å². The molecule has 2 heterocycles. The fraction of sp³-hybridized carbons (Fsp3) is 0.571. The highest BCUT2D eigenvalue weighted by Crippen LogP contribution is 2.55. The normalized spacial score (nSPS) is 40.5. The van der Waals surface area contributed by atoms with E-state index in [1.165, 1.54) is 0 Å². The van der Waals surface area contributed by atoms with Crippen LogP contribution in [0.3, 0.4) is 0 Å². The molecule has 1 amide bonds. The number of aromatic nitrogens is 1. The number of hydrogen-bond acceptors (Lipinski definition) is 3. The Balaban J connectivity index is 1.65. The van der Waals surface area contributed by atoms with Gasteiger partial charge in [-0.15, -0.1) is 0 Å². The SMILES string of the molecule is O=C(c1cccnc1)N1CC2CC3CC2C1C3O. The molecule has 3 fully saturated rings. The van der Waals surface area contributed by atoms with Crippen molar-refractivity contribution in [2.45, 2.75) is 25.0 Å². The lowest BCUT2D eigenvalue weighted by Crippen LogP contribution is -2.43. The quantitative estimate of drug-likeness (QED) is 0.799. The van der Waals surface area contributed by atoms with Crippen LogP contribution < -0.4 is 0 Å². The molecule has 0 aromatic carbocycles. The molecular formula is C14H16N2O2.